The molecular formula is C10H14BrNO3. The molecule has 1 rings (SSSR count). The molecule has 0 spiro atoms. The van der Waals surface area contributed by atoms with Gasteiger partial charge in [0, 0.05) is 10.5 Å². The molecule has 0 aliphatic heterocycles. The number of nitrogens with two attached hydrogens (primary N) is 1. The summed E-state index contributed by atoms with van der Waals surface area (Å²) in [4.78, 5) is 0. The van der Waals surface area contributed by atoms with Crippen molar-refractivity contribution in [1.29, 1.82) is 0 Å². The fourth-order valence-electron chi connectivity index (χ4n) is 1.25. The number of aliphatic hydroxyl groups excluding tert-OH is 1. The normalized spacial score (nSPS) is 12.5. The van der Waals surface area contributed by atoms with E-state index in [4.69, 9.17) is 15.6 Å². The second kappa shape index (κ2) is 5.34. The van der Waals surface area contributed by atoms with Crippen LogP contribution in [0, 0.1) is 0 Å². The molecule has 0 bridgehead atoms. The molecule has 4 nitrogen and oxygen atoms in total. The maximum absolute atomic E-state index is 9.55. The van der Waals surface area contributed by atoms with Crippen molar-refractivity contribution in [2.75, 3.05) is 13.7 Å². The summed E-state index contributed by atoms with van der Waals surface area (Å²) in [5.41, 5.74) is 6.45. The SMILES string of the molecule is COc1cc(Br)c(CC(N)CO)cc1O. The number of ether oxygens (including phenoxy) is 1. The third kappa shape index (κ3) is 3.09. The molecular weight excluding hydrogens is 262 g/mol. The number of hydrogen-bond acceptors (Lipinski definition) is 4. The Morgan fingerprint density at radius 3 is 2.73 bits per heavy atom. The van der Waals surface area contributed by atoms with Crippen LogP contribution in [0.15, 0.2) is 16.6 Å². The van der Waals surface area contributed by atoms with E-state index in [2.05, 4.69) is 15.9 Å². The van der Waals surface area contributed by atoms with E-state index in [1.54, 1.807) is 12.1 Å². The molecule has 0 aliphatic rings. The van der Waals surface area contributed by atoms with Crippen molar-refractivity contribution in [2.45, 2.75) is 12.5 Å². The van der Waals surface area contributed by atoms with E-state index in [1.807, 2.05) is 0 Å². The second-order valence-electron chi connectivity index (χ2n) is 3.26. The van der Waals surface area contributed by atoms with Crippen LogP contribution in [0.5, 0.6) is 11.5 Å². The van der Waals surface area contributed by atoms with E-state index < -0.39 is 0 Å². The molecule has 1 aromatic carbocycles. The molecule has 1 unspecified atom stereocenters. The lowest BCUT2D eigenvalue weighted by Crippen LogP contribution is -2.26. The zero-order valence-corrected chi connectivity index (χ0v) is 9.99. The highest BCUT2D eigenvalue weighted by Gasteiger charge is 2.10. The minimum atomic E-state index is -0.325. The number of hydrogen-bond donors (Lipinski definition) is 3. The van der Waals surface area contributed by atoms with Gasteiger partial charge in [-0.3, -0.25) is 0 Å². The first-order valence-electron chi connectivity index (χ1n) is 4.50. The highest BCUT2D eigenvalue weighted by atomic mass is 79.9. The van der Waals surface area contributed by atoms with Crippen LogP contribution in [-0.2, 0) is 6.42 Å². The van der Waals surface area contributed by atoms with Gasteiger partial charge in [-0.25, -0.2) is 0 Å². The molecule has 0 aliphatic carbocycles. The van der Waals surface area contributed by atoms with E-state index in [-0.39, 0.29) is 18.4 Å². The van der Waals surface area contributed by atoms with E-state index in [0.717, 1.165) is 10.0 Å². The van der Waals surface area contributed by atoms with Crippen LogP contribution in [0.2, 0.25) is 0 Å². The van der Waals surface area contributed by atoms with E-state index in [1.165, 1.54) is 7.11 Å². The van der Waals surface area contributed by atoms with Crippen LogP contribution in [0.25, 0.3) is 0 Å². The summed E-state index contributed by atoms with van der Waals surface area (Å²) >= 11 is 3.35. The van der Waals surface area contributed by atoms with E-state index >= 15 is 0 Å². The van der Waals surface area contributed by atoms with Gasteiger partial charge in [-0.05, 0) is 24.1 Å². The lowest BCUT2D eigenvalue weighted by Gasteiger charge is -2.12. The number of phenolic OH excluding ortho intramolecular Hbond substituents is 1. The van der Waals surface area contributed by atoms with Crippen LogP contribution >= 0.6 is 15.9 Å². The van der Waals surface area contributed by atoms with Gasteiger partial charge < -0.3 is 20.7 Å². The molecule has 0 aromatic heterocycles. The molecule has 1 aromatic rings. The van der Waals surface area contributed by atoms with Gasteiger partial charge in [0.25, 0.3) is 0 Å². The maximum Gasteiger partial charge on any atom is 0.161 e. The summed E-state index contributed by atoms with van der Waals surface area (Å²) in [7, 11) is 1.49. The van der Waals surface area contributed by atoms with Gasteiger partial charge in [0.1, 0.15) is 0 Å². The van der Waals surface area contributed by atoms with Gasteiger partial charge in [-0.2, -0.15) is 0 Å². The number of benzene rings is 1. The summed E-state index contributed by atoms with van der Waals surface area (Å²) in [5, 5.41) is 18.4. The maximum atomic E-state index is 9.55. The molecule has 0 heterocycles. The van der Waals surface area contributed by atoms with Gasteiger partial charge in [-0.1, -0.05) is 15.9 Å². The molecule has 0 radical (unpaired) electrons. The van der Waals surface area contributed by atoms with Crippen molar-refractivity contribution < 1.29 is 14.9 Å². The Morgan fingerprint density at radius 2 is 2.20 bits per heavy atom. The molecule has 4 N–H and O–H groups in total. The van der Waals surface area contributed by atoms with Crippen molar-refractivity contribution in [1.82, 2.24) is 0 Å². The van der Waals surface area contributed by atoms with Crippen LogP contribution in [0.3, 0.4) is 0 Å². The van der Waals surface area contributed by atoms with Gasteiger partial charge in [0.2, 0.25) is 0 Å². The summed E-state index contributed by atoms with van der Waals surface area (Å²) in [6.07, 6.45) is 0.495. The standard InChI is InChI=1S/C10H14BrNO3/c1-15-10-4-8(11)6(3-9(10)14)2-7(12)5-13/h3-4,7,13-14H,2,5,12H2,1H3. The number of methoxy groups -OCH3 is 1. The molecule has 84 valence electrons. The Bertz CT molecular complexity index is 344. The fraction of sp³-hybridized carbons (Fsp3) is 0.400. The lowest BCUT2D eigenvalue weighted by molar-refractivity contribution is 0.265. The van der Waals surface area contributed by atoms with Gasteiger partial charge >= 0.3 is 0 Å². The first-order chi connectivity index (χ1) is 7.08. The summed E-state index contributed by atoms with van der Waals surface area (Å²) in [6.45, 7) is -0.0841. The minimum absolute atomic E-state index is 0.0702. The fourth-order valence-corrected chi connectivity index (χ4v) is 1.74. The van der Waals surface area contributed by atoms with Crippen LogP contribution < -0.4 is 10.5 Å². The molecule has 0 fully saturated rings. The van der Waals surface area contributed by atoms with Crippen molar-refractivity contribution in [3.8, 4) is 11.5 Å². The Kier molecular flexibility index (Phi) is 4.38. The largest absolute Gasteiger partial charge is 0.504 e. The van der Waals surface area contributed by atoms with Crippen LogP contribution in [-0.4, -0.2) is 30.0 Å². The highest BCUT2D eigenvalue weighted by Crippen LogP contribution is 2.32. The topological polar surface area (TPSA) is 75.7 Å². The molecule has 0 saturated heterocycles. The average Bonchev–Trinajstić information content (AvgIpc) is 2.22. The highest BCUT2D eigenvalue weighted by molar-refractivity contribution is 9.10. The van der Waals surface area contributed by atoms with Crippen LogP contribution in [0.4, 0.5) is 0 Å². The molecule has 0 amide bonds. The number of aliphatic hydroxyl groups is 1. The number of phenols is 1. The van der Waals surface area contributed by atoms with Crippen LogP contribution in [0.1, 0.15) is 5.56 Å². The summed E-state index contributed by atoms with van der Waals surface area (Å²) in [6, 6.07) is 2.93. The quantitative estimate of drug-likeness (QED) is 0.767. The first-order valence-corrected chi connectivity index (χ1v) is 5.29. The Hall–Kier alpha value is -0.780. The summed E-state index contributed by atoms with van der Waals surface area (Å²) in [5.74, 6) is 0.476. The Balaban J connectivity index is 2.95. The molecule has 0 saturated carbocycles. The average molecular weight is 276 g/mol. The van der Waals surface area contributed by atoms with Crippen molar-refractivity contribution in [3.63, 3.8) is 0 Å². The van der Waals surface area contributed by atoms with Gasteiger partial charge in [0.05, 0.1) is 13.7 Å². The smallest absolute Gasteiger partial charge is 0.161 e. The van der Waals surface area contributed by atoms with Crippen molar-refractivity contribution in [3.05, 3.63) is 22.2 Å². The summed E-state index contributed by atoms with van der Waals surface area (Å²) < 4.78 is 5.76. The molecule has 5 heteroatoms. The Labute approximate surface area is 96.8 Å². The predicted molar refractivity (Wildman–Crippen MR) is 61.1 cm³/mol. The predicted octanol–water partition coefficient (Wildman–Crippen LogP) is 1.03. The third-order valence-corrected chi connectivity index (χ3v) is 2.80. The van der Waals surface area contributed by atoms with Gasteiger partial charge in [0.15, 0.2) is 11.5 Å². The van der Waals surface area contributed by atoms with E-state index in [0.29, 0.717) is 12.2 Å². The van der Waals surface area contributed by atoms with E-state index in [9.17, 15) is 5.11 Å². The number of rotatable bonds is 4. The second-order valence-corrected chi connectivity index (χ2v) is 4.12. The number of aromatic hydroxyl groups is 1. The number of halogens is 1. The Morgan fingerprint density at radius 1 is 1.53 bits per heavy atom. The zero-order valence-electron chi connectivity index (χ0n) is 8.40. The zero-order chi connectivity index (χ0) is 11.4. The van der Waals surface area contributed by atoms with Crippen molar-refractivity contribution >= 4 is 15.9 Å². The molecule has 15 heavy (non-hydrogen) atoms. The lowest BCUT2D eigenvalue weighted by atomic mass is 10.1. The molecule has 1 atom stereocenters. The van der Waals surface area contributed by atoms with Gasteiger partial charge in [-0.15, -0.1) is 0 Å². The third-order valence-electron chi connectivity index (χ3n) is 2.06. The minimum Gasteiger partial charge on any atom is -0.504 e. The van der Waals surface area contributed by atoms with Crippen molar-refractivity contribution in [2.24, 2.45) is 5.73 Å². The first kappa shape index (κ1) is 12.3. The monoisotopic (exact) mass is 275 g/mol.